The maximum atomic E-state index is 13.1. The zero-order chi connectivity index (χ0) is 10.6. The van der Waals surface area contributed by atoms with Crippen molar-refractivity contribution in [2.45, 2.75) is 13.3 Å². The van der Waals surface area contributed by atoms with Crippen molar-refractivity contribution in [3.63, 3.8) is 0 Å². The van der Waals surface area contributed by atoms with E-state index in [0.717, 1.165) is 6.07 Å². The molecule has 78 valence electrons. The van der Waals surface area contributed by atoms with Gasteiger partial charge in [-0.05, 0) is 18.6 Å². The van der Waals surface area contributed by atoms with Gasteiger partial charge in [0, 0.05) is 0 Å². The van der Waals surface area contributed by atoms with Gasteiger partial charge in [-0.3, -0.25) is 4.57 Å². The van der Waals surface area contributed by atoms with Crippen molar-refractivity contribution < 1.29 is 18.4 Å². The maximum Gasteiger partial charge on any atom is 0.361 e. The molecule has 0 aliphatic heterocycles. The van der Waals surface area contributed by atoms with Crippen LogP contribution in [-0.4, -0.2) is 11.5 Å². The molecule has 0 aromatic heterocycles. The lowest BCUT2D eigenvalue weighted by Crippen LogP contribution is -2.11. The fraction of sp³-hybridized carbons (Fsp3) is 0.333. The van der Waals surface area contributed by atoms with E-state index in [4.69, 9.17) is 4.52 Å². The highest BCUT2D eigenvalue weighted by Crippen LogP contribution is 2.41. The Hall–Kier alpha value is -0.700. The zero-order valence-corrected chi connectivity index (χ0v) is 8.71. The van der Waals surface area contributed by atoms with Crippen LogP contribution in [0, 0.1) is 5.82 Å². The van der Waals surface area contributed by atoms with E-state index in [1.54, 1.807) is 6.92 Å². The van der Waals surface area contributed by atoms with Crippen LogP contribution in [0.2, 0.25) is 0 Å². The predicted octanol–water partition coefficient (Wildman–Crippen LogP) is 2.06. The van der Waals surface area contributed by atoms with E-state index in [1.807, 2.05) is 0 Å². The van der Waals surface area contributed by atoms with Crippen LogP contribution < -0.4 is 5.30 Å². The van der Waals surface area contributed by atoms with Crippen LogP contribution >= 0.6 is 7.60 Å². The summed E-state index contributed by atoms with van der Waals surface area (Å²) in [5.74, 6) is -0.713. The second kappa shape index (κ2) is 4.69. The van der Waals surface area contributed by atoms with Crippen molar-refractivity contribution >= 4 is 12.9 Å². The molecule has 0 saturated heterocycles. The van der Waals surface area contributed by atoms with Crippen LogP contribution in [0.5, 0.6) is 0 Å². The highest BCUT2D eigenvalue weighted by molar-refractivity contribution is 7.61. The molecule has 1 aromatic carbocycles. The second-order valence-electron chi connectivity index (χ2n) is 2.81. The summed E-state index contributed by atoms with van der Waals surface area (Å²) in [4.78, 5) is 9.39. The molecule has 0 aliphatic carbocycles. The van der Waals surface area contributed by atoms with Gasteiger partial charge >= 0.3 is 7.60 Å². The number of hydrogen-bond donors (Lipinski definition) is 1. The molecule has 0 bridgehead atoms. The third-order valence-corrected chi connectivity index (χ3v) is 3.13. The fourth-order valence-corrected chi connectivity index (χ4v) is 2.15. The first-order valence-electron chi connectivity index (χ1n) is 4.30. The van der Waals surface area contributed by atoms with E-state index in [0.29, 0.717) is 6.42 Å². The predicted molar refractivity (Wildman–Crippen MR) is 52.1 cm³/mol. The Balaban J connectivity index is 2.92. The molecule has 1 unspecified atom stereocenters. The Morgan fingerprint density at radius 3 is 2.71 bits per heavy atom. The summed E-state index contributed by atoms with van der Waals surface area (Å²) in [6.07, 6.45) is 0.610. The average molecular weight is 218 g/mol. The molecule has 0 radical (unpaired) electrons. The van der Waals surface area contributed by atoms with Crippen molar-refractivity contribution in [1.82, 2.24) is 0 Å². The van der Waals surface area contributed by atoms with Gasteiger partial charge in [-0.1, -0.05) is 19.1 Å². The van der Waals surface area contributed by atoms with Crippen LogP contribution in [0.4, 0.5) is 4.39 Å². The Bertz CT molecular complexity index is 354. The van der Waals surface area contributed by atoms with Gasteiger partial charge in [0.2, 0.25) is 0 Å². The topological polar surface area (TPSA) is 46.5 Å². The van der Waals surface area contributed by atoms with Crippen LogP contribution in [0.3, 0.4) is 0 Å². The summed E-state index contributed by atoms with van der Waals surface area (Å²) in [7, 11) is -3.97. The van der Waals surface area contributed by atoms with E-state index in [2.05, 4.69) is 0 Å². The normalized spacial score (nSPS) is 15.1. The largest absolute Gasteiger partial charge is 0.361 e. The van der Waals surface area contributed by atoms with Gasteiger partial charge in [-0.25, -0.2) is 4.39 Å². The molecule has 3 nitrogen and oxygen atoms in total. The van der Waals surface area contributed by atoms with Crippen molar-refractivity contribution in [3.05, 3.63) is 30.1 Å². The molecule has 0 saturated carbocycles. The SMILES string of the molecule is CCCOP(=O)(O)c1ccccc1F. The fourth-order valence-electron chi connectivity index (χ4n) is 0.965. The van der Waals surface area contributed by atoms with Crippen molar-refractivity contribution in [1.29, 1.82) is 0 Å². The highest BCUT2D eigenvalue weighted by atomic mass is 31.2. The van der Waals surface area contributed by atoms with Gasteiger partial charge in [0.25, 0.3) is 0 Å². The highest BCUT2D eigenvalue weighted by Gasteiger charge is 2.25. The molecule has 0 fully saturated rings. The molecule has 1 aromatic rings. The van der Waals surface area contributed by atoms with Gasteiger partial charge in [-0.15, -0.1) is 0 Å². The van der Waals surface area contributed by atoms with E-state index < -0.39 is 13.4 Å². The Kier molecular flexibility index (Phi) is 3.81. The van der Waals surface area contributed by atoms with Gasteiger partial charge in [0.1, 0.15) is 5.82 Å². The summed E-state index contributed by atoms with van der Waals surface area (Å²) >= 11 is 0. The molecular formula is C9H12FO3P. The number of hydrogen-bond acceptors (Lipinski definition) is 2. The van der Waals surface area contributed by atoms with Gasteiger partial charge in [0.15, 0.2) is 0 Å². The van der Waals surface area contributed by atoms with Crippen LogP contribution in [0.1, 0.15) is 13.3 Å². The molecular weight excluding hydrogens is 206 g/mol. The van der Waals surface area contributed by atoms with Crippen molar-refractivity contribution in [3.8, 4) is 0 Å². The quantitative estimate of drug-likeness (QED) is 0.787. The minimum atomic E-state index is -3.97. The average Bonchev–Trinajstić information content (AvgIpc) is 2.15. The molecule has 0 aliphatic rings. The molecule has 0 spiro atoms. The molecule has 0 amide bonds. The Morgan fingerprint density at radius 1 is 1.50 bits per heavy atom. The van der Waals surface area contributed by atoms with Gasteiger partial charge in [0.05, 0.1) is 11.9 Å². The van der Waals surface area contributed by atoms with Crippen LogP contribution in [0.25, 0.3) is 0 Å². The Labute approximate surface area is 82.1 Å². The van der Waals surface area contributed by atoms with Crippen molar-refractivity contribution in [2.75, 3.05) is 6.61 Å². The lowest BCUT2D eigenvalue weighted by Gasteiger charge is -2.11. The first-order chi connectivity index (χ1) is 6.58. The first-order valence-corrected chi connectivity index (χ1v) is 5.88. The molecule has 0 heterocycles. The summed E-state index contributed by atoms with van der Waals surface area (Å²) in [5.41, 5.74) is 0. The molecule has 5 heteroatoms. The van der Waals surface area contributed by atoms with E-state index in [1.165, 1.54) is 18.2 Å². The smallest absolute Gasteiger partial charge is 0.321 e. The third-order valence-electron chi connectivity index (χ3n) is 1.63. The lowest BCUT2D eigenvalue weighted by atomic mass is 10.3. The van der Waals surface area contributed by atoms with E-state index in [-0.39, 0.29) is 11.9 Å². The monoisotopic (exact) mass is 218 g/mol. The van der Waals surface area contributed by atoms with E-state index in [9.17, 15) is 13.8 Å². The number of halogens is 1. The Morgan fingerprint density at radius 2 is 2.14 bits per heavy atom. The number of rotatable bonds is 4. The summed E-state index contributed by atoms with van der Waals surface area (Å²) < 4.78 is 29.3. The zero-order valence-electron chi connectivity index (χ0n) is 7.81. The summed E-state index contributed by atoms with van der Waals surface area (Å²) in [6, 6.07) is 5.34. The third kappa shape index (κ3) is 2.64. The molecule has 1 N–H and O–H groups in total. The molecule has 1 rings (SSSR count). The first kappa shape index (κ1) is 11.4. The summed E-state index contributed by atoms with van der Waals surface area (Å²) in [6.45, 7) is 1.95. The lowest BCUT2D eigenvalue weighted by molar-refractivity contribution is 0.268. The second-order valence-corrected chi connectivity index (χ2v) is 4.59. The minimum Gasteiger partial charge on any atom is -0.321 e. The van der Waals surface area contributed by atoms with Gasteiger partial charge in [-0.2, -0.15) is 0 Å². The summed E-state index contributed by atoms with van der Waals surface area (Å²) in [5, 5.41) is -0.270. The van der Waals surface area contributed by atoms with E-state index >= 15 is 0 Å². The van der Waals surface area contributed by atoms with Crippen LogP contribution in [-0.2, 0) is 9.09 Å². The maximum absolute atomic E-state index is 13.1. The van der Waals surface area contributed by atoms with Crippen LogP contribution in [0.15, 0.2) is 24.3 Å². The standard InChI is InChI=1S/C9H12FO3P/c1-2-7-13-14(11,12)9-6-4-3-5-8(9)10/h3-6H,2,7H2,1H3,(H,11,12). The minimum absolute atomic E-state index is 0.141. The van der Waals surface area contributed by atoms with Gasteiger partial charge < -0.3 is 9.42 Å². The van der Waals surface area contributed by atoms with Crippen molar-refractivity contribution in [2.24, 2.45) is 0 Å². The molecule has 1 atom stereocenters. The molecule has 14 heavy (non-hydrogen) atoms. The number of benzene rings is 1.